The fourth-order valence-electron chi connectivity index (χ4n) is 3.19. The van der Waals surface area contributed by atoms with Gasteiger partial charge in [-0.1, -0.05) is 41.4 Å². The van der Waals surface area contributed by atoms with Crippen LogP contribution in [0.2, 0.25) is 10.0 Å². The molecule has 0 radical (unpaired) electrons. The van der Waals surface area contributed by atoms with Crippen LogP contribution < -0.4 is 5.32 Å². The summed E-state index contributed by atoms with van der Waals surface area (Å²) in [6, 6.07) is 11.8. The van der Waals surface area contributed by atoms with Crippen LogP contribution in [0.25, 0.3) is 10.1 Å². The maximum atomic E-state index is 13.8. The Morgan fingerprint density at radius 1 is 1.07 bits per heavy atom. The van der Waals surface area contributed by atoms with Crippen molar-refractivity contribution < 1.29 is 9.18 Å². The summed E-state index contributed by atoms with van der Waals surface area (Å²) in [4.78, 5) is 17.2. The van der Waals surface area contributed by atoms with E-state index < -0.39 is 0 Å². The highest BCUT2D eigenvalue weighted by molar-refractivity contribution is 7.80. The number of rotatable bonds is 2. The van der Waals surface area contributed by atoms with Crippen LogP contribution in [0.4, 0.5) is 10.1 Å². The third-order valence-electron chi connectivity index (χ3n) is 4.76. The molecule has 1 fully saturated rings. The number of amides is 1. The SMILES string of the molecule is O=C(c1sc2cc(Cl)ccc2c1Cl)N1CCN(C(=S)Nc2ccccc2F)CC1. The van der Waals surface area contributed by atoms with Crippen molar-refractivity contribution >= 4 is 73.5 Å². The molecule has 2 aromatic carbocycles. The van der Waals surface area contributed by atoms with E-state index in [1.54, 1.807) is 29.2 Å². The van der Waals surface area contributed by atoms with Gasteiger partial charge in [-0.05, 0) is 36.5 Å². The largest absolute Gasteiger partial charge is 0.345 e. The summed E-state index contributed by atoms with van der Waals surface area (Å²) in [5.74, 6) is -0.455. The number of benzene rings is 2. The molecule has 4 nitrogen and oxygen atoms in total. The summed E-state index contributed by atoms with van der Waals surface area (Å²) in [5, 5.41) is 5.28. The predicted molar refractivity (Wildman–Crippen MR) is 122 cm³/mol. The molecule has 3 aromatic rings. The van der Waals surface area contributed by atoms with Crippen LogP contribution in [-0.4, -0.2) is 47.0 Å². The number of piperazine rings is 1. The number of hydrogen-bond acceptors (Lipinski definition) is 3. The number of fused-ring (bicyclic) bond motifs is 1. The van der Waals surface area contributed by atoms with E-state index in [-0.39, 0.29) is 11.7 Å². The van der Waals surface area contributed by atoms with E-state index in [0.29, 0.717) is 51.9 Å². The molecule has 0 atom stereocenters. The molecule has 1 aliphatic heterocycles. The lowest BCUT2D eigenvalue weighted by atomic mass is 10.2. The normalized spacial score (nSPS) is 14.3. The fourth-order valence-corrected chi connectivity index (χ4v) is 5.24. The van der Waals surface area contributed by atoms with Crippen LogP contribution in [0.1, 0.15) is 9.67 Å². The van der Waals surface area contributed by atoms with Crippen molar-refractivity contribution in [2.75, 3.05) is 31.5 Å². The van der Waals surface area contributed by atoms with Gasteiger partial charge >= 0.3 is 0 Å². The van der Waals surface area contributed by atoms with Gasteiger partial charge in [-0.15, -0.1) is 11.3 Å². The summed E-state index contributed by atoms with van der Waals surface area (Å²) in [6.07, 6.45) is 0. The van der Waals surface area contributed by atoms with Gasteiger partial charge in [0.15, 0.2) is 5.11 Å². The van der Waals surface area contributed by atoms with E-state index in [4.69, 9.17) is 35.4 Å². The Bertz CT molecular complexity index is 1100. The zero-order chi connectivity index (χ0) is 20.5. The van der Waals surface area contributed by atoms with Gasteiger partial charge < -0.3 is 15.1 Å². The molecule has 1 aromatic heterocycles. The molecule has 0 bridgehead atoms. The van der Waals surface area contributed by atoms with E-state index >= 15 is 0 Å². The molecular weight excluding hydrogens is 452 g/mol. The van der Waals surface area contributed by atoms with Gasteiger partial charge in [0.1, 0.15) is 10.7 Å². The minimum atomic E-state index is -0.358. The van der Waals surface area contributed by atoms with Gasteiger partial charge in [-0.25, -0.2) is 4.39 Å². The third kappa shape index (κ3) is 4.19. The standard InChI is InChI=1S/C20H16Cl2FN3OS2/c21-12-5-6-13-16(11-12)29-18(17(13)22)19(27)25-7-9-26(10-8-25)20(28)24-15-4-2-1-3-14(15)23/h1-6,11H,7-10H2,(H,24,28). The van der Waals surface area contributed by atoms with Crippen molar-refractivity contribution in [2.24, 2.45) is 0 Å². The Hall–Kier alpha value is -1.93. The number of para-hydroxylation sites is 1. The van der Waals surface area contributed by atoms with Crippen LogP contribution in [0, 0.1) is 5.82 Å². The zero-order valence-corrected chi connectivity index (χ0v) is 18.3. The first-order chi connectivity index (χ1) is 13.9. The lowest BCUT2D eigenvalue weighted by molar-refractivity contribution is 0.0698. The van der Waals surface area contributed by atoms with Crippen LogP contribution in [0.5, 0.6) is 0 Å². The van der Waals surface area contributed by atoms with E-state index in [1.807, 2.05) is 17.0 Å². The van der Waals surface area contributed by atoms with Crippen molar-refractivity contribution in [3.05, 3.63) is 63.2 Å². The molecule has 9 heteroatoms. The Labute approximate surface area is 186 Å². The van der Waals surface area contributed by atoms with Gasteiger partial charge in [0.05, 0.1) is 10.7 Å². The molecule has 1 aliphatic rings. The van der Waals surface area contributed by atoms with Crippen LogP contribution >= 0.6 is 46.8 Å². The lowest BCUT2D eigenvalue weighted by Crippen LogP contribution is -2.51. The molecule has 1 N–H and O–H groups in total. The van der Waals surface area contributed by atoms with E-state index in [0.717, 1.165) is 10.1 Å². The average Bonchev–Trinajstić information content (AvgIpc) is 3.05. The molecule has 0 spiro atoms. The Kier molecular flexibility index (Phi) is 5.92. The molecular formula is C20H16Cl2FN3OS2. The predicted octanol–water partition coefficient (Wildman–Crippen LogP) is 5.50. The van der Waals surface area contributed by atoms with Gasteiger partial charge in [0, 0.05) is 41.3 Å². The van der Waals surface area contributed by atoms with Crippen LogP contribution in [0.15, 0.2) is 42.5 Å². The first-order valence-corrected chi connectivity index (χ1v) is 10.9. The Balaban J connectivity index is 1.42. The minimum absolute atomic E-state index is 0.0973. The Morgan fingerprint density at radius 2 is 1.76 bits per heavy atom. The number of carbonyl (C=O) groups is 1. The maximum Gasteiger partial charge on any atom is 0.265 e. The van der Waals surface area contributed by atoms with Crippen molar-refractivity contribution in [1.29, 1.82) is 0 Å². The second-order valence-electron chi connectivity index (χ2n) is 6.57. The third-order valence-corrected chi connectivity index (χ3v) is 7.00. The van der Waals surface area contributed by atoms with Crippen molar-refractivity contribution in [3.63, 3.8) is 0 Å². The number of thiocarbonyl (C=S) groups is 1. The molecule has 4 rings (SSSR count). The molecule has 150 valence electrons. The van der Waals surface area contributed by atoms with Crippen molar-refractivity contribution in [1.82, 2.24) is 9.80 Å². The molecule has 1 saturated heterocycles. The highest BCUT2D eigenvalue weighted by Crippen LogP contribution is 2.37. The van der Waals surface area contributed by atoms with Crippen molar-refractivity contribution in [2.45, 2.75) is 0 Å². The average molecular weight is 468 g/mol. The Morgan fingerprint density at radius 3 is 2.48 bits per heavy atom. The van der Waals surface area contributed by atoms with Gasteiger partial charge in [0.2, 0.25) is 0 Å². The lowest BCUT2D eigenvalue weighted by Gasteiger charge is -2.36. The number of nitrogens with zero attached hydrogens (tertiary/aromatic N) is 2. The molecule has 0 aliphatic carbocycles. The number of nitrogens with one attached hydrogen (secondary N) is 1. The number of halogens is 3. The topological polar surface area (TPSA) is 35.6 Å². The van der Waals surface area contributed by atoms with Crippen LogP contribution in [0.3, 0.4) is 0 Å². The van der Waals surface area contributed by atoms with E-state index in [2.05, 4.69) is 5.32 Å². The number of thiophene rings is 1. The molecule has 1 amide bonds. The maximum absolute atomic E-state index is 13.8. The summed E-state index contributed by atoms with van der Waals surface area (Å²) in [7, 11) is 0. The van der Waals surface area contributed by atoms with Gasteiger partial charge in [-0.3, -0.25) is 4.79 Å². The first-order valence-electron chi connectivity index (χ1n) is 8.91. The summed E-state index contributed by atoms with van der Waals surface area (Å²) >= 11 is 19.2. The van der Waals surface area contributed by atoms with E-state index in [9.17, 15) is 9.18 Å². The number of anilines is 1. The monoisotopic (exact) mass is 467 g/mol. The minimum Gasteiger partial charge on any atom is -0.345 e. The smallest absolute Gasteiger partial charge is 0.265 e. The molecule has 2 heterocycles. The molecule has 0 unspecified atom stereocenters. The van der Waals surface area contributed by atoms with E-state index in [1.165, 1.54) is 17.4 Å². The summed E-state index contributed by atoms with van der Waals surface area (Å²) in [5.41, 5.74) is 0.340. The molecule has 0 saturated carbocycles. The quantitative estimate of drug-likeness (QED) is 0.504. The molecule has 29 heavy (non-hydrogen) atoms. The van der Waals surface area contributed by atoms with Crippen LogP contribution in [-0.2, 0) is 0 Å². The highest BCUT2D eigenvalue weighted by Gasteiger charge is 2.27. The zero-order valence-electron chi connectivity index (χ0n) is 15.1. The first kappa shape index (κ1) is 20.3. The van der Waals surface area contributed by atoms with Crippen molar-refractivity contribution in [3.8, 4) is 0 Å². The van der Waals surface area contributed by atoms with Gasteiger partial charge in [-0.2, -0.15) is 0 Å². The number of carbonyl (C=O) groups excluding carboxylic acids is 1. The fraction of sp³-hybridized carbons (Fsp3) is 0.200. The second-order valence-corrected chi connectivity index (χ2v) is 8.83. The number of hydrogen-bond donors (Lipinski definition) is 1. The highest BCUT2D eigenvalue weighted by atomic mass is 35.5. The summed E-state index contributed by atoms with van der Waals surface area (Å²) < 4.78 is 14.7. The second kappa shape index (κ2) is 8.44. The van der Waals surface area contributed by atoms with Gasteiger partial charge in [0.25, 0.3) is 5.91 Å². The summed E-state index contributed by atoms with van der Waals surface area (Å²) in [6.45, 7) is 2.12.